The molecule has 2 rings (SSSR count). The highest BCUT2D eigenvalue weighted by Gasteiger charge is 2.19. The fourth-order valence-electron chi connectivity index (χ4n) is 1.92. The molecular weight excluding hydrogens is 337 g/mol. The van der Waals surface area contributed by atoms with Crippen LogP contribution in [-0.2, 0) is 4.74 Å². The smallest absolute Gasteiger partial charge is 0.338 e. The fraction of sp³-hybridized carbons (Fsp3) is 0.125. The van der Waals surface area contributed by atoms with E-state index in [1.807, 2.05) is 0 Å². The second-order valence-electron chi connectivity index (χ2n) is 4.65. The van der Waals surface area contributed by atoms with Crippen molar-refractivity contribution in [3.05, 3.63) is 69.5 Å². The van der Waals surface area contributed by atoms with Crippen molar-refractivity contribution in [2.75, 3.05) is 12.9 Å². The number of nitro benzene ring substituents is 1. The molecule has 0 amide bonds. The second kappa shape index (κ2) is 7.69. The van der Waals surface area contributed by atoms with Crippen molar-refractivity contribution in [1.82, 2.24) is 0 Å². The maximum absolute atomic E-state index is 13.1. The molecule has 0 saturated carbocycles. The minimum Gasteiger partial charge on any atom is -0.454 e. The molecule has 0 bridgehead atoms. The lowest BCUT2D eigenvalue weighted by molar-refractivity contribution is -0.387. The van der Waals surface area contributed by atoms with Gasteiger partial charge in [0.2, 0.25) is 0 Å². The second-order valence-corrected chi connectivity index (χ2v) is 5.50. The van der Waals surface area contributed by atoms with Crippen molar-refractivity contribution >= 4 is 29.2 Å². The van der Waals surface area contributed by atoms with Crippen molar-refractivity contribution in [3.63, 3.8) is 0 Å². The minimum absolute atomic E-state index is 0.0356. The van der Waals surface area contributed by atoms with E-state index in [-0.39, 0.29) is 16.8 Å². The number of benzene rings is 2. The van der Waals surface area contributed by atoms with Crippen molar-refractivity contribution in [2.24, 2.45) is 0 Å². The Kier molecular flexibility index (Phi) is 5.64. The van der Waals surface area contributed by atoms with E-state index < -0.39 is 29.1 Å². The number of thioether (sulfide) groups is 1. The zero-order valence-electron chi connectivity index (χ0n) is 12.5. The number of nitro groups is 1. The van der Waals surface area contributed by atoms with Crippen molar-refractivity contribution < 1.29 is 23.6 Å². The van der Waals surface area contributed by atoms with Gasteiger partial charge in [0, 0.05) is 11.6 Å². The summed E-state index contributed by atoms with van der Waals surface area (Å²) in [4.78, 5) is 34.6. The summed E-state index contributed by atoms with van der Waals surface area (Å²) < 4.78 is 17.9. The van der Waals surface area contributed by atoms with Crippen LogP contribution >= 0.6 is 11.8 Å². The molecule has 0 aromatic heterocycles. The highest BCUT2D eigenvalue weighted by molar-refractivity contribution is 7.98. The van der Waals surface area contributed by atoms with E-state index in [1.54, 1.807) is 6.26 Å². The number of ether oxygens (including phenoxy) is 1. The number of Topliss-reactive ketones (excluding diaryl/α,β-unsaturated/α-hetero) is 1. The van der Waals surface area contributed by atoms with Gasteiger partial charge in [-0.15, -0.1) is 11.8 Å². The highest BCUT2D eigenvalue weighted by Crippen LogP contribution is 2.28. The van der Waals surface area contributed by atoms with Gasteiger partial charge in [-0.3, -0.25) is 14.9 Å². The maximum Gasteiger partial charge on any atom is 0.338 e. The van der Waals surface area contributed by atoms with Crippen LogP contribution in [0.1, 0.15) is 20.7 Å². The summed E-state index contributed by atoms with van der Waals surface area (Å²) >= 11 is 1.18. The lowest BCUT2D eigenvalue weighted by Gasteiger charge is -2.06. The number of hydrogen-bond donors (Lipinski definition) is 0. The molecule has 2 aromatic rings. The fourth-order valence-corrected chi connectivity index (χ4v) is 2.47. The third kappa shape index (κ3) is 4.17. The topological polar surface area (TPSA) is 86.5 Å². The van der Waals surface area contributed by atoms with E-state index in [9.17, 15) is 24.1 Å². The average molecular weight is 349 g/mol. The normalized spacial score (nSPS) is 10.2. The molecule has 0 fully saturated rings. The zero-order chi connectivity index (χ0) is 17.7. The van der Waals surface area contributed by atoms with Gasteiger partial charge in [-0.1, -0.05) is 12.1 Å². The molecule has 2 aromatic carbocycles. The number of carbonyl (C=O) groups is 2. The third-order valence-corrected chi connectivity index (χ3v) is 3.88. The van der Waals surface area contributed by atoms with Gasteiger partial charge >= 0.3 is 5.97 Å². The first-order valence-electron chi connectivity index (χ1n) is 6.70. The summed E-state index contributed by atoms with van der Waals surface area (Å²) in [7, 11) is 0. The van der Waals surface area contributed by atoms with Crippen LogP contribution in [0.3, 0.4) is 0 Å². The standard InChI is InChI=1S/C16H12FNO5S/c1-24-15-6-5-11(8-13(15)18(21)22)16(20)23-9-14(19)10-3-2-4-12(17)7-10/h2-8H,9H2,1H3. The molecule has 0 aliphatic rings. The Bertz CT molecular complexity index is 809. The van der Waals surface area contributed by atoms with Crippen LogP contribution in [0.25, 0.3) is 0 Å². The van der Waals surface area contributed by atoms with Gasteiger partial charge < -0.3 is 4.74 Å². The number of hydrogen-bond acceptors (Lipinski definition) is 6. The molecule has 0 saturated heterocycles. The third-order valence-electron chi connectivity index (χ3n) is 3.09. The van der Waals surface area contributed by atoms with Gasteiger partial charge in [-0.25, -0.2) is 9.18 Å². The van der Waals surface area contributed by atoms with Crippen LogP contribution in [0.2, 0.25) is 0 Å². The SMILES string of the molecule is CSc1ccc(C(=O)OCC(=O)c2cccc(F)c2)cc1[N+](=O)[O-]. The Morgan fingerprint density at radius 1 is 1.21 bits per heavy atom. The lowest BCUT2D eigenvalue weighted by atomic mass is 10.1. The van der Waals surface area contributed by atoms with Crippen LogP contribution in [0.4, 0.5) is 10.1 Å². The monoisotopic (exact) mass is 349 g/mol. The average Bonchev–Trinajstić information content (AvgIpc) is 2.58. The first-order chi connectivity index (χ1) is 11.4. The predicted octanol–water partition coefficient (Wildman–Crippen LogP) is 3.50. The number of nitrogens with zero attached hydrogens (tertiary/aromatic N) is 1. The Labute approximate surface area is 140 Å². The Hall–Kier alpha value is -2.74. The van der Waals surface area contributed by atoms with E-state index in [2.05, 4.69) is 0 Å². The first kappa shape index (κ1) is 17.6. The highest BCUT2D eigenvalue weighted by atomic mass is 32.2. The van der Waals surface area contributed by atoms with E-state index in [1.165, 1.54) is 42.1 Å². The number of ketones is 1. The first-order valence-corrected chi connectivity index (χ1v) is 7.93. The largest absolute Gasteiger partial charge is 0.454 e. The molecule has 0 unspecified atom stereocenters. The van der Waals surface area contributed by atoms with E-state index >= 15 is 0 Å². The summed E-state index contributed by atoms with van der Waals surface area (Å²) in [5.74, 6) is -2.01. The molecule has 0 atom stereocenters. The van der Waals surface area contributed by atoms with E-state index in [0.29, 0.717) is 4.90 Å². The van der Waals surface area contributed by atoms with Gasteiger partial charge in [0.05, 0.1) is 15.4 Å². The van der Waals surface area contributed by atoms with Crippen LogP contribution in [0.15, 0.2) is 47.4 Å². The lowest BCUT2D eigenvalue weighted by Crippen LogP contribution is -2.14. The minimum atomic E-state index is -0.865. The molecule has 124 valence electrons. The molecule has 0 radical (unpaired) electrons. The zero-order valence-corrected chi connectivity index (χ0v) is 13.3. The predicted molar refractivity (Wildman–Crippen MR) is 85.9 cm³/mol. The van der Waals surface area contributed by atoms with Gasteiger partial charge in [0.1, 0.15) is 5.82 Å². The Balaban J connectivity index is 2.09. The summed E-state index contributed by atoms with van der Waals surface area (Å²) in [5, 5.41) is 11.0. The molecule has 0 spiro atoms. The molecule has 24 heavy (non-hydrogen) atoms. The molecule has 6 nitrogen and oxygen atoms in total. The molecular formula is C16H12FNO5S. The van der Waals surface area contributed by atoms with Crippen LogP contribution in [0, 0.1) is 15.9 Å². The number of halogens is 1. The summed E-state index contributed by atoms with van der Waals surface area (Å²) in [6.07, 6.45) is 1.68. The summed E-state index contributed by atoms with van der Waals surface area (Å²) in [6, 6.07) is 8.91. The van der Waals surface area contributed by atoms with Gasteiger partial charge in [0.25, 0.3) is 5.69 Å². The molecule has 8 heteroatoms. The molecule has 0 heterocycles. The van der Waals surface area contributed by atoms with E-state index in [0.717, 1.165) is 12.1 Å². The van der Waals surface area contributed by atoms with Gasteiger partial charge in [-0.2, -0.15) is 0 Å². The van der Waals surface area contributed by atoms with Crippen molar-refractivity contribution in [3.8, 4) is 0 Å². The molecule has 0 aliphatic heterocycles. The quantitative estimate of drug-likeness (QED) is 0.261. The number of esters is 1. The van der Waals surface area contributed by atoms with Gasteiger partial charge in [0.15, 0.2) is 12.4 Å². The molecule has 0 aliphatic carbocycles. The van der Waals surface area contributed by atoms with Crippen LogP contribution in [0.5, 0.6) is 0 Å². The number of rotatable bonds is 6. The van der Waals surface area contributed by atoms with E-state index in [4.69, 9.17) is 4.74 Å². The van der Waals surface area contributed by atoms with Gasteiger partial charge in [-0.05, 0) is 30.5 Å². The summed E-state index contributed by atoms with van der Waals surface area (Å²) in [6.45, 7) is -0.583. The summed E-state index contributed by atoms with van der Waals surface area (Å²) in [5.41, 5.74) is -0.175. The Morgan fingerprint density at radius 2 is 1.96 bits per heavy atom. The van der Waals surface area contributed by atoms with Crippen LogP contribution in [-0.4, -0.2) is 29.5 Å². The van der Waals surface area contributed by atoms with Crippen molar-refractivity contribution in [2.45, 2.75) is 4.90 Å². The van der Waals surface area contributed by atoms with Crippen molar-refractivity contribution in [1.29, 1.82) is 0 Å². The van der Waals surface area contributed by atoms with Crippen LogP contribution < -0.4 is 0 Å². The Morgan fingerprint density at radius 3 is 2.58 bits per heavy atom. The number of carbonyl (C=O) groups excluding carboxylic acids is 2. The molecule has 0 N–H and O–H groups in total. The maximum atomic E-state index is 13.1.